The van der Waals surface area contributed by atoms with Crippen LogP contribution in [0.4, 0.5) is 11.4 Å². The van der Waals surface area contributed by atoms with Gasteiger partial charge in [-0.25, -0.2) is 0 Å². The fraction of sp³-hybridized carbons (Fsp3) is 0.143. The molecule has 5 heteroatoms. The average molecular weight is 234 g/mol. The Balaban J connectivity index is 3.49. The molecule has 0 amide bonds. The van der Waals surface area contributed by atoms with E-state index >= 15 is 0 Å². The van der Waals surface area contributed by atoms with E-state index in [-0.39, 0.29) is 11.3 Å². The fourth-order valence-corrected chi connectivity index (χ4v) is 1.20. The highest BCUT2D eigenvalue weighted by Gasteiger charge is 2.13. The van der Waals surface area contributed by atoms with Crippen molar-refractivity contribution in [1.29, 1.82) is 0 Å². The summed E-state index contributed by atoms with van der Waals surface area (Å²) in [7, 11) is 0. The summed E-state index contributed by atoms with van der Waals surface area (Å²) < 4.78 is 21.8. The zero-order valence-electron chi connectivity index (χ0n) is 8.87. The summed E-state index contributed by atoms with van der Waals surface area (Å²) in [6.45, 7) is -2.46. The summed E-state index contributed by atoms with van der Waals surface area (Å²) in [5, 5.41) is 10.6. The number of nitrogen functional groups attached to an aromatic ring is 1. The largest absolute Gasteiger partial charge is 0.393 e. The van der Waals surface area contributed by atoms with Crippen LogP contribution in [-0.2, 0) is 0 Å². The number of rotatable bonds is 1. The summed E-state index contributed by atoms with van der Waals surface area (Å²) in [5.41, 5.74) is 4.47. The standard InChI is InChI=1S/C7H7BrN2O2/c1-4-2-5(8)3-6(7(4)9)10(11)12/h2-3H,9H2,1H3/i1D3. The molecule has 0 saturated heterocycles. The van der Waals surface area contributed by atoms with Gasteiger partial charge < -0.3 is 5.73 Å². The minimum Gasteiger partial charge on any atom is -0.393 e. The molecule has 0 unspecified atom stereocenters. The molecule has 1 aromatic carbocycles. The molecular formula is C7H7BrN2O2. The molecule has 0 saturated carbocycles. The second-order valence-electron chi connectivity index (χ2n) is 2.14. The second kappa shape index (κ2) is 3.10. The number of nitrogens with zero attached hydrogens (tertiary/aromatic N) is 1. The van der Waals surface area contributed by atoms with Gasteiger partial charge in [0.2, 0.25) is 0 Å². The molecule has 0 aliphatic heterocycles. The van der Waals surface area contributed by atoms with Gasteiger partial charge >= 0.3 is 0 Å². The van der Waals surface area contributed by atoms with Crippen molar-refractivity contribution in [3.8, 4) is 0 Å². The van der Waals surface area contributed by atoms with Crippen molar-refractivity contribution in [1.82, 2.24) is 0 Å². The molecule has 1 aromatic rings. The molecule has 0 spiro atoms. The van der Waals surface area contributed by atoms with Crippen LogP contribution >= 0.6 is 15.9 Å². The summed E-state index contributed by atoms with van der Waals surface area (Å²) in [4.78, 5) is 9.86. The van der Waals surface area contributed by atoms with Crippen LogP contribution in [0.25, 0.3) is 0 Å². The number of nitrogens with two attached hydrogens (primary N) is 1. The Bertz CT molecular complexity index is 419. The van der Waals surface area contributed by atoms with Crippen LogP contribution in [0.3, 0.4) is 0 Å². The lowest BCUT2D eigenvalue weighted by atomic mass is 10.2. The van der Waals surface area contributed by atoms with Gasteiger partial charge in [-0.2, -0.15) is 0 Å². The van der Waals surface area contributed by atoms with E-state index in [0.29, 0.717) is 4.47 Å². The maximum absolute atomic E-state index is 10.6. The third-order valence-electron chi connectivity index (χ3n) is 1.32. The Hall–Kier alpha value is -1.10. The van der Waals surface area contributed by atoms with E-state index in [9.17, 15) is 10.1 Å². The highest BCUT2D eigenvalue weighted by Crippen LogP contribution is 2.28. The number of anilines is 1. The lowest BCUT2D eigenvalue weighted by molar-refractivity contribution is -0.384. The van der Waals surface area contributed by atoms with Crippen LogP contribution in [0.1, 0.15) is 9.68 Å². The Morgan fingerprint density at radius 3 is 2.92 bits per heavy atom. The van der Waals surface area contributed by atoms with Crippen molar-refractivity contribution >= 4 is 27.3 Å². The van der Waals surface area contributed by atoms with E-state index in [4.69, 9.17) is 9.85 Å². The summed E-state index contributed by atoms with van der Waals surface area (Å²) in [6.07, 6.45) is 0. The molecular weight excluding hydrogens is 224 g/mol. The molecule has 4 nitrogen and oxygen atoms in total. The zero-order valence-corrected chi connectivity index (χ0v) is 7.46. The monoisotopic (exact) mass is 233 g/mol. The van der Waals surface area contributed by atoms with Gasteiger partial charge in [-0.05, 0) is 18.5 Å². The van der Waals surface area contributed by atoms with E-state index < -0.39 is 17.5 Å². The summed E-state index contributed by atoms with van der Waals surface area (Å²) in [5.74, 6) is 0. The van der Waals surface area contributed by atoms with E-state index in [1.165, 1.54) is 12.1 Å². The Labute approximate surface area is 81.9 Å². The second-order valence-corrected chi connectivity index (χ2v) is 3.06. The number of nitro benzene ring substituents is 1. The van der Waals surface area contributed by atoms with Crippen molar-refractivity contribution in [2.45, 2.75) is 6.85 Å². The van der Waals surface area contributed by atoms with Gasteiger partial charge in [-0.1, -0.05) is 15.9 Å². The van der Waals surface area contributed by atoms with Crippen molar-refractivity contribution in [2.24, 2.45) is 0 Å². The molecule has 12 heavy (non-hydrogen) atoms. The zero-order chi connectivity index (χ0) is 11.8. The topological polar surface area (TPSA) is 69.2 Å². The number of benzene rings is 1. The van der Waals surface area contributed by atoms with Gasteiger partial charge in [0, 0.05) is 14.7 Å². The third kappa shape index (κ3) is 1.55. The van der Waals surface area contributed by atoms with Crippen molar-refractivity contribution in [3.05, 3.63) is 32.3 Å². The molecule has 0 radical (unpaired) electrons. The predicted octanol–water partition coefficient (Wildman–Crippen LogP) is 2.25. The smallest absolute Gasteiger partial charge is 0.293 e. The highest BCUT2D eigenvalue weighted by molar-refractivity contribution is 9.10. The van der Waals surface area contributed by atoms with E-state index in [0.717, 1.165) is 0 Å². The van der Waals surface area contributed by atoms with Gasteiger partial charge in [-0.3, -0.25) is 10.1 Å². The van der Waals surface area contributed by atoms with E-state index in [1.807, 2.05) is 0 Å². The summed E-state index contributed by atoms with van der Waals surface area (Å²) >= 11 is 3.00. The first-order valence-corrected chi connectivity index (χ1v) is 3.76. The minimum atomic E-state index is -2.46. The van der Waals surface area contributed by atoms with E-state index in [2.05, 4.69) is 15.9 Å². The van der Waals surface area contributed by atoms with Crippen LogP contribution in [0, 0.1) is 17.0 Å². The van der Waals surface area contributed by atoms with Crippen LogP contribution in [-0.4, -0.2) is 4.92 Å². The van der Waals surface area contributed by atoms with Crippen LogP contribution in [0.5, 0.6) is 0 Å². The van der Waals surface area contributed by atoms with Crippen molar-refractivity contribution < 1.29 is 9.04 Å². The van der Waals surface area contributed by atoms with Crippen LogP contribution < -0.4 is 5.73 Å². The Kier molecular flexibility index (Phi) is 1.43. The number of aryl methyl sites for hydroxylation is 1. The van der Waals surface area contributed by atoms with E-state index in [1.54, 1.807) is 0 Å². The van der Waals surface area contributed by atoms with Gasteiger partial charge in [0.15, 0.2) is 0 Å². The molecule has 0 heterocycles. The lowest BCUT2D eigenvalue weighted by Gasteiger charge is -2.01. The quantitative estimate of drug-likeness (QED) is 0.460. The third-order valence-corrected chi connectivity index (χ3v) is 1.78. The predicted molar refractivity (Wildman–Crippen MR) is 49.9 cm³/mol. The molecule has 0 aliphatic rings. The lowest BCUT2D eigenvalue weighted by Crippen LogP contribution is -1.97. The first kappa shape index (κ1) is 5.53. The SMILES string of the molecule is [2H]C([2H])([2H])c1cc(Br)cc([N+](=O)[O-])c1N. The first-order chi connectivity index (χ1) is 6.73. The molecule has 1 rings (SSSR count). The van der Waals surface area contributed by atoms with Gasteiger partial charge in [0.05, 0.1) is 4.92 Å². The number of nitro groups is 1. The van der Waals surface area contributed by atoms with Crippen molar-refractivity contribution in [3.63, 3.8) is 0 Å². The number of hydrogen-bond donors (Lipinski definition) is 1. The van der Waals surface area contributed by atoms with Gasteiger partial charge in [0.25, 0.3) is 5.69 Å². The fourth-order valence-electron chi connectivity index (χ4n) is 0.755. The number of halogens is 1. The van der Waals surface area contributed by atoms with Crippen LogP contribution in [0.15, 0.2) is 16.6 Å². The average Bonchev–Trinajstić information content (AvgIpc) is 2.06. The minimum absolute atomic E-state index is 0.219. The van der Waals surface area contributed by atoms with Gasteiger partial charge in [0.1, 0.15) is 5.69 Å². The maximum atomic E-state index is 10.6. The maximum Gasteiger partial charge on any atom is 0.293 e. The molecule has 0 atom stereocenters. The number of hydrogen-bond acceptors (Lipinski definition) is 3. The molecule has 0 fully saturated rings. The molecule has 64 valence electrons. The Morgan fingerprint density at radius 1 is 1.75 bits per heavy atom. The molecule has 2 N–H and O–H groups in total. The first-order valence-electron chi connectivity index (χ1n) is 4.47. The highest BCUT2D eigenvalue weighted by atomic mass is 79.9. The van der Waals surface area contributed by atoms with Gasteiger partial charge in [-0.15, -0.1) is 0 Å². The molecule has 0 aromatic heterocycles. The Morgan fingerprint density at radius 2 is 2.42 bits per heavy atom. The van der Waals surface area contributed by atoms with Crippen LogP contribution in [0.2, 0.25) is 0 Å². The molecule has 0 bridgehead atoms. The summed E-state index contributed by atoms with van der Waals surface area (Å²) in [6, 6.07) is 2.43. The van der Waals surface area contributed by atoms with Crippen molar-refractivity contribution in [2.75, 3.05) is 5.73 Å². The molecule has 0 aliphatic carbocycles. The normalized spacial score (nSPS) is 14.6.